The molecule has 0 amide bonds. The summed E-state index contributed by atoms with van der Waals surface area (Å²) in [6.07, 6.45) is 3.31. The number of rotatable bonds is 5. The molecule has 0 unspecified atom stereocenters. The highest BCUT2D eigenvalue weighted by Gasteiger charge is 1.83. The van der Waals surface area contributed by atoms with Crippen LogP contribution in [0.3, 0.4) is 0 Å². The quantitative estimate of drug-likeness (QED) is 0.278. The van der Waals surface area contributed by atoms with Crippen LogP contribution in [-0.4, -0.2) is 22.9 Å². The normalized spacial score (nSPS) is 8.56. The van der Waals surface area contributed by atoms with E-state index in [0.29, 0.717) is 0 Å². The van der Waals surface area contributed by atoms with Gasteiger partial charge in [0.05, 0.1) is 5.16 Å². The van der Waals surface area contributed by atoms with Crippen LogP contribution < -0.4 is 0 Å². The van der Waals surface area contributed by atoms with Gasteiger partial charge >= 0.3 is 0 Å². The average molecular weight is 179 g/mol. The smallest absolute Gasteiger partial charge is 0.0718 e. The molecule has 0 atom stereocenters. The van der Waals surface area contributed by atoms with Crippen molar-refractivity contribution in [1.82, 2.24) is 0 Å². The molecule has 0 radical (unpaired) electrons. The van der Waals surface area contributed by atoms with Crippen molar-refractivity contribution in [3.05, 3.63) is 0 Å². The molecule has 0 saturated carbocycles. The van der Waals surface area contributed by atoms with Crippen LogP contribution in [0.15, 0.2) is 4.40 Å². The molecule has 9 heavy (non-hydrogen) atoms. The van der Waals surface area contributed by atoms with Crippen molar-refractivity contribution in [2.24, 2.45) is 4.40 Å². The summed E-state index contributed by atoms with van der Waals surface area (Å²) in [5, 5.41) is 2.31. The Morgan fingerprint density at radius 1 is 1.56 bits per heavy atom. The number of thiocarbonyl (C=S) groups is 1. The van der Waals surface area contributed by atoms with Crippen LogP contribution in [0, 0.1) is 0 Å². The Kier molecular flexibility index (Phi) is 8.97. The minimum Gasteiger partial charge on any atom is -0.165 e. The lowest BCUT2D eigenvalue weighted by atomic mass is 10.6. The Labute approximate surface area is 69.8 Å². The topological polar surface area (TPSA) is 12.4 Å². The van der Waals surface area contributed by atoms with Crippen molar-refractivity contribution < 1.29 is 0 Å². The van der Waals surface area contributed by atoms with Gasteiger partial charge in [0.15, 0.2) is 0 Å². The van der Waals surface area contributed by atoms with Gasteiger partial charge in [-0.3, -0.25) is 0 Å². The van der Waals surface area contributed by atoms with Gasteiger partial charge in [0.1, 0.15) is 0 Å². The third-order valence-electron chi connectivity index (χ3n) is 0.686. The SMILES string of the molecule is CSCCCSN=C=S. The van der Waals surface area contributed by atoms with Crippen LogP contribution in [-0.2, 0) is 0 Å². The molecule has 0 aliphatic carbocycles. The van der Waals surface area contributed by atoms with Crippen molar-refractivity contribution in [3.8, 4) is 0 Å². The average Bonchev–Trinajstić information content (AvgIpc) is 1.89. The third kappa shape index (κ3) is 8.50. The number of nitrogens with zero attached hydrogens (tertiary/aromatic N) is 1. The summed E-state index contributed by atoms with van der Waals surface area (Å²) in [4.78, 5) is 0. The van der Waals surface area contributed by atoms with Gasteiger partial charge in [-0.2, -0.15) is 16.2 Å². The highest BCUT2D eigenvalue weighted by atomic mass is 32.2. The van der Waals surface area contributed by atoms with Gasteiger partial charge in [-0.05, 0) is 42.6 Å². The summed E-state index contributed by atoms with van der Waals surface area (Å²) < 4.78 is 3.72. The van der Waals surface area contributed by atoms with Crippen molar-refractivity contribution >= 4 is 41.1 Å². The molecule has 0 heterocycles. The molecule has 0 N–H and O–H groups in total. The van der Waals surface area contributed by atoms with E-state index in [1.54, 1.807) is 0 Å². The first kappa shape index (κ1) is 9.50. The van der Waals surface area contributed by atoms with Crippen molar-refractivity contribution in [2.75, 3.05) is 17.8 Å². The Bertz CT molecular complexity index is 98.4. The zero-order chi connectivity index (χ0) is 6.95. The van der Waals surface area contributed by atoms with Gasteiger partial charge in [-0.15, -0.1) is 0 Å². The first-order chi connectivity index (χ1) is 4.41. The summed E-state index contributed by atoms with van der Waals surface area (Å²) >= 11 is 7.74. The zero-order valence-electron chi connectivity index (χ0n) is 5.29. The Hall–Kier alpha value is 0.500. The van der Waals surface area contributed by atoms with Crippen LogP contribution in [0.25, 0.3) is 0 Å². The Morgan fingerprint density at radius 3 is 2.89 bits per heavy atom. The van der Waals surface area contributed by atoms with Crippen LogP contribution in [0.5, 0.6) is 0 Å². The van der Waals surface area contributed by atoms with Gasteiger partial charge in [0.2, 0.25) is 0 Å². The van der Waals surface area contributed by atoms with E-state index in [1.165, 1.54) is 24.1 Å². The Morgan fingerprint density at radius 2 is 2.33 bits per heavy atom. The minimum absolute atomic E-state index is 1.06. The maximum atomic E-state index is 4.39. The van der Waals surface area contributed by atoms with E-state index in [-0.39, 0.29) is 0 Å². The second kappa shape index (κ2) is 8.50. The van der Waals surface area contributed by atoms with Gasteiger partial charge < -0.3 is 0 Å². The summed E-state index contributed by atoms with van der Waals surface area (Å²) in [5.41, 5.74) is 0. The van der Waals surface area contributed by atoms with Gasteiger partial charge in [-0.1, -0.05) is 0 Å². The molecule has 0 saturated heterocycles. The molecule has 0 aromatic rings. The first-order valence-corrected chi connectivity index (χ1v) is 5.34. The molecule has 0 spiro atoms. The molecule has 52 valence electrons. The minimum atomic E-state index is 1.06. The molecule has 0 aliphatic rings. The molecule has 0 rings (SSSR count). The molecule has 4 heteroatoms. The molecule has 0 aliphatic heterocycles. The standard InChI is InChI=1S/C5H9NS3/c1-8-3-2-4-9-6-5-7/h2-4H2,1H3. The van der Waals surface area contributed by atoms with Gasteiger partial charge in [0.25, 0.3) is 0 Å². The number of hydrogen-bond acceptors (Lipinski definition) is 4. The first-order valence-electron chi connectivity index (χ1n) is 2.60. The number of isothiocyanates is 1. The predicted molar refractivity (Wildman–Crippen MR) is 50.5 cm³/mol. The summed E-state index contributed by atoms with van der Waals surface area (Å²) in [7, 11) is 0. The van der Waals surface area contributed by atoms with E-state index in [1.807, 2.05) is 11.8 Å². The second-order valence-corrected chi connectivity index (χ2v) is 3.38. The monoisotopic (exact) mass is 179 g/mol. The van der Waals surface area contributed by atoms with Gasteiger partial charge in [-0.25, -0.2) is 0 Å². The van der Waals surface area contributed by atoms with Crippen LogP contribution in [0.1, 0.15) is 6.42 Å². The second-order valence-electron chi connectivity index (χ2n) is 1.36. The van der Waals surface area contributed by atoms with Crippen molar-refractivity contribution in [1.29, 1.82) is 0 Å². The number of hydrogen-bond donors (Lipinski definition) is 0. The summed E-state index contributed by atoms with van der Waals surface area (Å²) in [6, 6.07) is 0. The zero-order valence-corrected chi connectivity index (χ0v) is 7.74. The van der Waals surface area contributed by atoms with Crippen LogP contribution in [0.4, 0.5) is 0 Å². The van der Waals surface area contributed by atoms with E-state index < -0.39 is 0 Å². The van der Waals surface area contributed by atoms with Crippen molar-refractivity contribution in [2.45, 2.75) is 6.42 Å². The fraction of sp³-hybridized carbons (Fsp3) is 0.800. The lowest BCUT2D eigenvalue weighted by Crippen LogP contribution is -1.79. The Balaban J connectivity index is 2.82. The lowest BCUT2D eigenvalue weighted by Gasteiger charge is -1.90. The molecular formula is C5H9NS3. The van der Waals surface area contributed by atoms with E-state index in [4.69, 9.17) is 0 Å². The highest BCUT2D eigenvalue weighted by molar-refractivity contribution is 7.99. The fourth-order valence-corrected chi connectivity index (χ4v) is 1.53. The largest absolute Gasteiger partial charge is 0.165 e. The molecule has 0 aromatic carbocycles. The van der Waals surface area contributed by atoms with E-state index in [9.17, 15) is 0 Å². The van der Waals surface area contributed by atoms with E-state index in [2.05, 4.69) is 28.0 Å². The highest BCUT2D eigenvalue weighted by Crippen LogP contribution is 2.05. The molecule has 0 aromatic heterocycles. The summed E-state index contributed by atoms with van der Waals surface area (Å²) in [5.74, 6) is 2.27. The van der Waals surface area contributed by atoms with Crippen LogP contribution in [0.2, 0.25) is 0 Å². The molecule has 1 nitrogen and oxygen atoms in total. The molecule has 0 fully saturated rings. The van der Waals surface area contributed by atoms with E-state index in [0.717, 1.165) is 5.75 Å². The maximum Gasteiger partial charge on any atom is 0.0718 e. The summed E-state index contributed by atoms with van der Waals surface area (Å²) in [6.45, 7) is 0. The fourth-order valence-electron chi connectivity index (χ4n) is 0.340. The molecule has 0 bridgehead atoms. The van der Waals surface area contributed by atoms with Gasteiger partial charge in [0, 0.05) is 5.75 Å². The third-order valence-corrected chi connectivity index (χ3v) is 2.28. The van der Waals surface area contributed by atoms with Crippen molar-refractivity contribution in [3.63, 3.8) is 0 Å². The lowest BCUT2D eigenvalue weighted by molar-refractivity contribution is 1.13. The number of thioether (sulfide) groups is 1. The predicted octanol–water partition coefficient (Wildman–Crippen LogP) is 2.49. The van der Waals surface area contributed by atoms with E-state index >= 15 is 0 Å². The maximum absolute atomic E-state index is 4.39. The van der Waals surface area contributed by atoms with Crippen LogP contribution >= 0.6 is 35.9 Å². The molecular weight excluding hydrogens is 170 g/mol.